The first-order chi connectivity index (χ1) is 12.7. The molecule has 1 aliphatic heterocycles. The highest BCUT2D eigenvalue weighted by Crippen LogP contribution is 2.27. The van der Waals surface area contributed by atoms with Crippen LogP contribution in [-0.2, 0) is 9.59 Å². The van der Waals surface area contributed by atoms with E-state index < -0.39 is 0 Å². The van der Waals surface area contributed by atoms with Crippen molar-refractivity contribution >= 4 is 29.1 Å². The number of piperidine rings is 1. The van der Waals surface area contributed by atoms with Crippen LogP contribution in [0, 0.1) is 11.8 Å². The molecule has 2 rings (SSSR count). The molecular weight excluding hydrogens is 366 g/mol. The van der Waals surface area contributed by atoms with Gasteiger partial charge in [-0.15, -0.1) is 0 Å². The maximum Gasteiger partial charge on any atom is 0.280 e. The van der Waals surface area contributed by atoms with Crippen LogP contribution in [0.25, 0.3) is 0 Å². The van der Waals surface area contributed by atoms with Crippen molar-refractivity contribution in [2.45, 2.75) is 33.2 Å². The average Bonchev–Trinajstić information content (AvgIpc) is 2.59. The number of anilines is 1. The fraction of sp³-hybridized carbons (Fsp3) is 0.600. The van der Waals surface area contributed by atoms with Crippen molar-refractivity contribution in [2.24, 2.45) is 11.8 Å². The third kappa shape index (κ3) is 5.84. The van der Waals surface area contributed by atoms with Crippen molar-refractivity contribution in [3.8, 4) is 5.75 Å². The minimum atomic E-state index is -0.283. The molecule has 1 fully saturated rings. The van der Waals surface area contributed by atoms with Crippen LogP contribution >= 0.6 is 11.6 Å². The molecule has 0 radical (unpaired) electrons. The van der Waals surface area contributed by atoms with E-state index in [0.29, 0.717) is 28.3 Å². The normalized spacial score (nSPS) is 22.1. The number of methoxy groups -OCH3 is 1. The van der Waals surface area contributed by atoms with Crippen LogP contribution in [-0.4, -0.2) is 56.5 Å². The number of benzene rings is 1. The van der Waals surface area contributed by atoms with Gasteiger partial charge >= 0.3 is 0 Å². The molecule has 150 valence electrons. The third-order valence-electron chi connectivity index (χ3n) is 5.17. The van der Waals surface area contributed by atoms with Crippen LogP contribution < -0.4 is 15.0 Å². The largest absolute Gasteiger partial charge is 0.495 e. The second-order valence-corrected chi connectivity index (χ2v) is 8.26. The van der Waals surface area contributed by atoms with E-state index in [9.17, 15) is 9.59 Å². The first kappa shape index (κ1) is 21.5. The van der Waals surface area contributed by atoms with Gasteiger partial charge in [0, 0.05) is 18.1 Å². The molecular formula is C20H31ClN3O3+. The van der Waals surface area contributed by atoms with E-state index in [2.05, 4.69) is 19.2 Å². The molecule has 0 aliphatic carbocycles. The zero-order valence-corrected chi connectivity index (χ0v) is 17.6. The number of hydrogen-bond acceptors (Lipinski definition) is 3. The van der Waals surface area contributed by atoms with Crippen LogP contribution in [0.2, 0.25) is 5.02 Å². The maximum absolute atomic E-state index is 12.9. The van der Waals surface area contributed by atoms with Crippen LogP contribution in [0.3, 0.4) is 0 Å². The Labute approximate surface area is 166 Å². The van der Waals surface area contributed by atoms with Gasteiger partial charge < -0.3 is 19.9 Å². The lowest BCUT2D eigenvalue weighted by Crippen LogP contribution is -3.15. The molecule has 4 atom stereocenters. The number of carbonyl (C=O) groups is 2. The van der Waals surface area contributed by atoms with Gasteiger partial charge in [-0.2, -0.15) is 0 Å². The summed E-state index contributed by atoms with van der Waals surface area (Å²) in [5, 5.41) is 3.34. The van der Waals surface area contributed by atoms with Gasteiger partial charge in [-0.05, 0) is 43.4 Å². The fourth-order valence-corrected chi connectivity index (χ4v) is 3.88. The number of likely N-dealkylation sites (N-methyl/N-ethyl adjacent to an activating group) is 1. The van der Waals surface area contributed by atoms with Gasteiger partial charge in [0.2, 0.25) is 0 Å². The first-order valence-corrected chi connectivity index (χ1v) is 9.83. The molecule has 6 nitrogen and oxygen atoms in total. The van der Waals surface area contributed by atoms with Gasteiger partial charge in [-0.25, -0.2) is 0 Å². The monoisotopic (exact) mass is 396 g/mol. The van der Waals surface area contributed by atoms with Crippen LogP contribution in [0.15, 0.2) is 18.2 Å². The molecule has 1 heterocycles. The minimum Gasteiger partial charge on any atom is -0.495 e. The van der Waals surface area contributed by atoms with Crippen molar-refractivity contribution in [2.75, 3.05) is 39.1 Å². The zero-order chi connectivity index (χ0) is 20.1. The lowest BCUT2D eigenvalue weighted by atomic mass is 9.91. The van der Waals surface area contributed by atoms with Crippen LogP contribution in [0.5, 0.6) is 5.75 Å². The molecule has 1 saturated heterocycles. The molecule has 1 aromatic carbocycles. The van der Waals surface area contributed by atoms with Gasteiger partial charge in [0.05, 0.1) is 19.8 Å². The Morgan fingerprint density at radius 3 is 2.56 bits per heavy atom. The summed E-state index contributed by atoms with van der Waals surface area (Å²) in [4.78, 5) is 28.1. The summed E-state index contributed by atoms with van der Waals surface area (Å²) < 4.78 is 5.25. The number of carbonyl (C=O) groups excluding carboxylic acids is 2. The Morgan fingerprint density at radius 1 is 1.33 bits per heavy atom. The summed E-state index contributed by atoms with van der Waals surface area (Å²) in [5.74, 6) is 1.51. The van der Waals surface area contributed by atoms with E-state index in [1.165, 1.54) is 7.11 Å². The Balaban J connectivity index is 1.95. The molecule has 27 heavy (non-hydrogen) atoms. The molecule has 0 bridgehead atoms. The number of halogens is 1. The van der Waals surface area contributed by atoms with Crippen LogP contribution in [0.4, 0.5) is 5.69 Å². The minimum absolute atomic E-state index is 0.110. The summed E-state index contributed by atoms with van der Waals surface area (Å²) in [6.45, 7) is 8.03. The standard InChI is InChI=1S/C20H30ClN3O3/c1-13-8-14(2)11-24(10-13)20(26)15(3)23(4)12-19(25)22-17-9-16(21)6-7-18(17)27-5/h6-7,9,13-15H,8,10-12H2,1-5H3,(H,22,25)/p+1/t13-,14-,15-/m1/s1. The molecule has 0 spiro atoms. The summed E-state index contributed by atoms with van der Waals surface area (Å²) >= 11 is 6.00. The molecule has 1 aliphatic rings. The van der Waals surface area contributed by atoms with E-state index in [0.717, 1.165) is 24.4 Å². The van der Waals surface area contributed by atoms with Gasteiger partial charge in [0.15, 0.2) is 12.6 Å². The third-order valence-corrected chi connectivity index (χ3v) is 5.40. The number of ether oxygens (including phenoxy) is 1. The predicted octanol–water partition coefficient (Wildman–Crippen LogP) is 1.69. The molecule has 2 amide bonds. The highest BCUT2D eigenvalue weighted by atomic mass is 35.5. The number of rotatable bonds is 6. The number of hydrogen-bond donors (Lipinski definition) is 2. The van der Waals surface area contributed by atoms with Crippen LogP contribution in [0.1, 0.15) is 27.2 Å². The molecule has 7 heteroatoms. The van der Waals surface area contributed by atoms with E-state index in [1.54, 1.807) is 18.2 Å². The smallest absolute Gasteiger partial charge is 0.280 e. The van der Waals surface area contributed by atoms with Crippen molar-refractivity contribution in [3.63, 3.8) is 0 Å². The van der Waals surface area contributed by atoms with Crippen molar-refractivity contribution in [1.82, 2.24) is 4.90 Å². The molecule has 2 N–H and O–H groups in total. The van der Waals surface area contributed by atoms with E-state index in [4.69, 9.17) is 16.3 Å². The number of quaternary nitrogens is 1. The van der Waals surface area contributed by atoms with Crippen molar-refractivity contribution in [1.29, 1.82) is 0 Å². The summed E-state index contributed by atoms with van der Waals surface area (Å²) in [7, 11) is 3.41. The second-order valence-electron chi connectivity index (χ2n) is 7.83. The lowest BCUT2D eigenvalue weighted by molar-refractivity contribution is -0.886. The number of amides is 2. The highest BCUT2D eigenvalue weighted by molar-refractivity contribution is 6.31. The second kappa shape index (κ2) is 9.42. The van der Waals surface area contributed by atoms with Gasteiger partial charge in [-0.1, -0.05) is 25.4 Å². The van der Waals surface area contributed by atoms with Gasteiger partial charge in [0.1, 0.15) is 5.75 Å². The molecule has 0 aromatic heterocycles. The Morgan fingerprint density at radius 2 is 1.96 bits per heavy atom. The highest BCUT2D eigenvalue weighted by Gasteiger charge is 2.32. The van der Waals surface area contributed by atoms with E-state index >= 15 is 0 Å². The molecule has 1 unspecified atom stereocenters. The maximum atomic E-state index is 12.9. The van der Waals surface area contributed by atoms with Crippen molar-refractivity contribution in [3.05, 3.63) is 23.2 Å². The van der Waals surface area contributed by atoms with Gasteiger partial charge in [0.25, 0.3) is 11.8 Å². The Kier molecular flexibility index (Phi) is 7.50. The number of nitrogens with one attached hydrogen (secondary N) is 2. The lowest BCUT2D eigenvalue weighted by Gasteiger charge is -2.36. The Bertz CT molecular complexity index is 672. The molecule has 1 aromatic rings. The van der Waals surface area contributed by atoms with Crippen molar-refractivity contribution < 1.29 is 19.2 Å². The predicted molar refractivity (Wildman–Crippen MR) is 107 cm³/mol. The van der Waals surface area contributed by atoms with Gasteiger partial charge in [-0.3, -0.25) is 9.59 Å². The first-order valence-electron chi connectivity index (χ1n) is 9.45. The summed E-state index contributed by atoms with van der Waals surface area (Å²) in [6.07, 6.45) is 1.16. The summed E-state index contributed by atoms with van der Waals surface area (Å²) in [5.41, 5.74) is 0.528. The molecule has 0 saturated carbocycles. The average molecular weight is 397 g/mol. The Hall–Kier alpha value is -1.79. The van der Waals surface area contributed by atoms with E-state index in [-0.39, 0.29) is 24.4 Å². The van der Waals surface area contributed by atoms with E-state index in [1.807, 2.05) is 18.9 Å². The summed E-state index contributed by atoms with van der Waals surface area (Å²) in [6, 6.07) is 4.78. The number of nitrogens with zero attached hydrogens (tertiary/aromatic N) is 1. The fourth-order valence-electron chi connectivity index (χ4n) is 3.71. The zero-order valence-electron chi connectivity index (χ0n) is 16.8. The SMILES string of the molecule is COc1ccc(Cl)cc1NC(=O)C[NH+](C)[C@H](C)C(=O)N1C[C@H](C)C[C@@H](C)C1. The quantitative estimate of drug-likeness (QED) is 0.769. The topological polar surface area (TPSA) is 63.1 Å². The number of likely N-dealkylation sites (tertiary alicyclic amines) is 1.